The molecule has 0 spiro atoms. The van der Waals surface area contributed by atoms with Crippen LogP contribution in [-0.2, 0) is 0 Å². The predicted octanol–water partition coefficient (Wildman–Crippen LogP) is 3.92. The van der Waals surface area contributed by atoms with Gasteiger partial charge in [0.05, 0.1) is 0 Å². The number of nitrogens with one attached hydrogen (secondary N) is 1. The molecule has 0 atom stereocenters. The number of carbonyl (C=O) groups excluding carboxylic acids is 1. The summed E-state index contributed by atoms with van der Waals surface area (Å²) in [5.41, 5.74) is 0. The number of anilines is 1. The second kappa shape index (κ2) is 5.07. The van der Waals surface area contributed by atoms with Crippen molar-refractivity contribution in [3.8, 4) is 0 Å². The van der Waals surface area contributed by atoms with Crippen LogP contribution in [0.4, 0.5) is 5.82 Å². The highest BCUT2D eigenvalue weighted by atomic mass is 79.9. The minimum Gasteiger partial charge on any atom is -0.306 e. The SMILES string of the molecule is O=C(Nc1cccc(Br)n1)c1sccc1Br. The van der Waals surface area contributed by atoms with Gasteiger partial charge in [0.1, 0.15) is 15.3 Å². The minimum atomic E-state index is -0.160. The van der Waals surface area contributed by atoms with Crippen molar-refractivity contribution >= 4 is 54.9 Å². The number of rotatable bonds is 2. The van der Waals surface area contributed by atoms with E-state index in [-0.39, 0.29) is 5.91 Å². The normalized spacial score (nSPS) is 10.1. The summed E-state index contributed by atoms with van der Waals surface area (Å²) in [5, 5.41) is 4.58. The zero-order chi connectivity index (χ0) is 11.5. The molecule has 1 amide bonds. The largest absolute Gasteiger partial charge is 0.306 e. The van der Waals surface area contributed by atoms with E-state index in [1.54, 1.807) is 12.1 Å². The summed E-state index contributed by atoms with van der Waals surface area (Å²) < 4.78 is 1.49. The monoisotopic (exact) mass is 360 g/mol. The van der Waals surface area contributed by atoms with Gasteiger partial charge in [-0.3, -0.25) is 4.79 Å². The highest BCUT2D eigenvalue weighted by Gasteiger charge is 2.11. The molecular formula is C10H6Br2N2OS. The molecule has 0 aromatic carbocycles. The van der Waals surface area contributed by atoms with E-state index in [1.165, 1.54) is 11.3 Å². The van der Waals surface area contributed by atoms with Crippen molar-refractivity contribution in [1.82, 2.24) is 4.98 Å². The van der Waals surface area contributed by atoms with Gasteiger partial charge in [-0.25, -0.2) is 4.98 Å². The van der Waals surface area contributed by atoms with E-state index in [0.29, 0.717) is 15.3 Å². The van der Waals surface area contributed by atoms with Crippen molar-refractivity contribution in [3.05, 3.63) is 43.6 Å². The molecule has 0 bridgehead atoms. The lowest BCUT2D eigenvalue weighted by Crippen LogP contribution is -2.11. The fraction of sp³-hybridized carbons (Fsp3) is 0. The molecule has 2 rings (SSSR count). The number of nitrogens with zero attached hydrogens (tertiary/aromatic N) is 1. The van der Waals surface area contributed by atoms with Gasteiger partial charge in [0, 0.05) is 4.47 Å². The molecule has 16 heavy (non-hydrogen) atoms. The summed E-state index contributed by atoms with van der Waals surface area (Å²) in [6, 6.07) is 7.20. The second-order valence-corrected chi connectivity index (χ2v) is 5.48. The first-order valence-corrected chi connectivity index (χ1v) is 6.80. The van der Waals surface area contributed by atoms with Crippen molar-refractivity contribution in [3.63, 3.8) is 0 Å². The lowest BCUT2D eigenvalue weighted by Gasteiger charge is -2.03. The molecule has 0 aliphatic rings. The van der Waals surface area contributed by atoms with Gasteiger partial charge in [0.25, 0.3) is 5.91 Å². The molecule has 2 heterocycles. The lowest BCUT2D eigenvalue weighted by molar-refractivity contribution is 0.102. The number of hydrogen-bond donors (Lipinski definition) is 1. The topological polar surface area (TPSA) is 42.0 Å². The fourth-order valence-corrected chi connectivity index (χ4v) is 2.90. The van der Waals surface area contributed by atoms with Crippen molar-refractivity contribution in [2.75, 3.05) is 5.32 Å². The van der Waals surface area contributed by atoms with E-state index in [0.717, 1.165) is 4.47 Å². The average molecular weight is 362 g/mol. The van der Waals surface area contributed by atoms with Crippen LogP contribution < -0.4 is 5.32 Å². The molecule has 1 N–H and O–H groups in total. The van der Waals surface area contributed by atoms with Gasteiger partial charge in [-0.1, -0.05) is 6.07 Å². The first-order chi connectivity index (χ1) is 7.66. The number of halogens is 2. The van der Waals surface area contributed by atoms with Crippen molar-refractivity contribution in [2.45, 2.75) is 0 Å². The van der Waals surface area contributed by atoms with Crippen LogP contribution >= 0.6 is 43.2 Å². The Morgan fingerprint density at radius 1 is 1.31 bits per heavy atom. The Labute approximate surface area is 113 Å². The summed E-state index contributed by atoms with van der Waals surface area (Å²) in [6.45, 7) is 0. The quantitative estimate of drug-likeness (QED) is 0.823. The lowest BCUT2D eigenvalue weighted by atomic mass is 10.4. The number of carbonyl (C=O) groups is 1. The molecule has 0 fully saturated rings. The Balaban J connectivity index is 2.17. The molecule has 0 unspecified atom stereocenters. The Hall–Kier alpha value is -0.720. The van der Waals surface area contributed by atoms with Crippen LogP contribution in [-0.4, -0.2) is 10.9 Å². The van der Waals surface area contributed by atoms with E-state index in [2.05, 4.69) is 42.2 Å². The zero-order valence-electron chi connectivity index (χ0n) is 7.91. The molecule has 6 heteroatoms. The number of thiophene rings is 1. The van der Waals surface area contributed by atoms with Gasteiger partial charge in [0.2, 0.25) is 0 Å². The van der Waals surface area contributed by atoms with Gasteiger partial charge >= 0.3 is 0 Å². The van der Waals surface area contributed by atoms with Crippen LogP contribution in [0.1, 0.15) is 9.67 Å². The van der Waals surface area contributed by atoms with Crippen molar-refractivity contribution in [1.29, 1.82) is 0 Å². The smallest absolute Gasteiger partial charge is 0.268 e. The highest BCUT2D eigenvalue weighted by molar-refractivity contribution is 9.10. The molecule has 0 aliphatic heterocycles. The van der Waals surface area contributed by atoms with E-state index < -0.39 is 0 Å². The Morgan fingerprint density at radius 2 is 2.12 bits per heavy atom. The Kier molecular flexibility index (Phi) is 3.73. The van der Waals surface area contributed by atoms with E-state index >= 15 is 0 Å². The average Bonchev–Trinajstić information content (AvgIpc) is 2.64. The molecule has 2 aromatic heterocycles. The third kappa shape index (κ3) is 2.69. The number of aromatic nitrogens is 1. The van der Waals surface area contributed by atoms with E-state index in [9.17, 15) is 4.79 Å². The van der Waals surface area contributed by atoms with Gasteiger partial charge in [-0.2, -0.15) is 0 Å². The molecule has 2 aromatic rings. The summed E-state index contributed by atoms with van der Waals surface area (Å²) in [6.07, 6.45) is 0. The van der Waals surface area contributed by atoms with Gasteiger partial charge in [-0.15, -0.1) is 11.3 Å². The maximum absolute atomic E-state index is 11.8. The maximum Gasteiger partial charge on any atom is 0.268 e. The minimum absolute atomic E-state index is 0.160. The van der Waals surface area contributed by atoms with Crippen molar-refractivity contribution in [2.24, 2.45) is 0 Å². The van der Waals surface area contributed by atoms with Crippen LogP contribution in [0, 0.1) is 0 Å². The molecule has 0 saturated carbocycles. The molecule has 0 saturated heterocycles. The Bertz CT molecular complexity index is 527. The van der Waals surface area contributed by atoms with Crippen LogP contribution in [0.2, 0.25) is 0 Å². The summed E-state index contributed by atoms with van der Waals surface area (Å²) in [4.78, 5) is 16.6. The van der Waals surface area contributed by atoms with Crippen molar-refractivity contribution < 1.29 is 4.79 Å². The summed E-state index contributed by atoms with van der Waals surface area (Å²) in [7, 11) is 0. The molecule has 3 nitrogen and oxygen atoms in total. The van der Waals surface area contributed by atoms with Gasteiger partial charge in [0.15, 0.2) is 0 Å². The highest BCUT2D eigenvalue weighted by Crippen LogP contribution is 2.23. The van der Waals surface area contributed by atoms with Gasteiger partial charge in [-0.05, 0) is 55.4 Å². The third-order valence-corrected chi connectivity index (χ3v) is 4.06. The van der Waals surface area contributed by atoms with Crippen LogP contribution in [0.25, 0.3) is 0 Å². The second-order valence-electron chi connectivity index (χ2n) is 2.90. The number of amides is 1. The van der Waals surface area contributed by atoms with Crippen LogP contribution in [0.15, 0.2) is 38.7 Å². The number of pyridine rings is 1. The number of hydrogen-bond acceptors (Lipinski definition) is 3. The molecule has 82 valence electrons. The third-order valence-electron chi connectivity index (χ3n) is 1.78. The molecule has 0 radical (unpaired) electrons. The van der Waals surface area contributed by atoms with Gasteiger partial charge < -0.3 is 5.32 Å². The van der Waals surface area contributed by atoms with Crippen LogP contribution in [0.3, 0.4) is 0 Å². The summed E-state index contributed by atoms with van der Waals surface area (Å²) >= 11 is 7.94. The van der Waals surface area contributed by atoms with Crippen LogP contribution in [0.5, 0.6) is 0 Å². The predicted molar refractivity (Wildman–Crippen MR) is 71.9 cm³/mol. The molecule has 0 aliphatic carbocycles. The first-order valence-electron chi connectivity index (χ1n) is 4.34. The zero-order valence-corrected chi connectivity index (χ0v) is 11.9. The fourth-order valence-electron chi connectivity index (χ4n) is 1.11. The van der Waals surface area contributed by atoms with E-state index in [4.69, 9.17) is 0 Å². The first kappa shape index (κ1) is 11.8. The molecular weight excluding hydrogens is 356 g/mol. The Morgan fingerprint density at radius 3 is 2.75 bits per heavy atom. The maximum atomic E-state index is 11.8. The standard InChI is InChI=1S/C10H6Br2N2OS/c11-6-4-5-16-9(6)10(15)14-8-3-1-2-7(12)13-8/h1-5H,(H,13,14,15). The van der Waals surface area contributed by atoms with E-state index in [1.807, 2.05) is 17.5 Å². The summed E-state index contributed by atoms with van der Waals surface area (Å²) in [5.74, 6) is 0.368.